The first-order valence-electron chi connectivity index (χ1n) is 10.8. The number of para-hydroxylation sites is 1. The number of pyridine rings is 1. The number of nitrogens with zero attached hydrogens (tertiary/aromatic N) is 4. The smallest absolute Gasteiger partial charge is 0.219 e. The Hall–Kier alpha value is -2.68. The van der Waals surface area contributed by atoms with Crippen molar-refractivity contribution in [3.05, 3.63) is 30.1 Å². The van der Waals surface area contributed by atoms with Crippen molar-refractivity contribution in [2.45, 2.75) is 52.1 Å². The van der Waals surface area contributed by atoms with Gasteiger partial charge in [-0.05, 0) is 25.3 Å². The summed E-state index contributed by atoms with van der Waals surface area (Å²) in [4.78, 5) is 23.1. The molecule has 2 aromatic heterocycles. The molecule has 2 N–H and O–H groups in total. The molecule has 166 valence electrons. The Balaban J connectivity index is 1.53. The van der Waals surface area contributed by atoms with E-state index in [9.17, 15) is 13.2 Å². The molecule has 1 aliphatic heterocycles. The molecule has 1 fully saturated rings. The van der Waals surface area contributed by atoms with E-state index in [1.54, 1.807) is 4.90 Å². The lowest BCUT2D eigenvalue weighted by molar-refractivity contribution is -0.130. The Labute approximate surface area is 182 Å². The minimum Gasteiger partial charge on any atom is -0.382 e. The van der Waals surface area contributed by atoms with E-state index in [1.165, 1.54) is 6.92 Å². The lowest BCUT2D eigenvalue weighted by Gasteiger charge is -2.27. The van der Waals surface area contributed by atoms with Crippen LogP contribution in [-0.4, -0.2) is 57.9 Å². The fourth-order valence-corrected chi connectivity index (χ4v) is 6.32. The van der Waals surface area contributed by atoms with E-state index in [2.05, 4.69) is 16.5 Å². The van der Waals surface area contributed by atoms with E-state index >= 15 is 0 Å². The van der Waals surface area contributed by atoms with E-state index < -0.39 is 9.84 Å². The third-order valence-electron chi connectivity index (χ3n) is 6.09. The summed E-state index contributed by atoms with van der Waals surface area (Å²) in [5.74, 6) is 1.59. The molecule has 3 aromatic rings. The standard InChI is InChI=1S/C22H29N5O3S/c1-3-19-25-20-21(17-8-4-5-9-18(17)24-22(20)23)27(19)12-7-6-11-26(15(2)28)16-10-13-31(29,30)14-16/h4-5,8-9,16H,3,6-7,10-14H2,1-2H3,(H2,23,24). The highest BCUT2D eigenvalue weighted by molar-refractivity contribution is 7.91. The van der Waals surface area contributed by atoms with Gasteiger partial charge < -0.3 is 15.2 Å². The number of carbonyl (C=O) groups excluding carboxylic acids is 1. The first-order chi connectivity index (χ1) is 14.8. The summed E-state index contributed by atoms with van der Waals surface area (Å²) in [5, 5.41) is 1.03. The summed E-state index contributed by atoms with van der Waals surface area (Å²) in [6.07, 6.45) is 2.95. The van der Waals surface area contributed by atoms with Gasteiger partial charge in [-0.15, -0.1) is 0 Å². The molecule has 4 rings (SSSR count). The maximum Gasteiger partial charge on any atom is 0.219 e. The maximum atomic E-state index is 12.1. The Kier molecular flexibility index (Phi) is 5.88. The highest BCUT2D eigenvalue weighted by Gasteiger charge is 2.33. The lowest BCUT2D eigenvalue weighted by Crippen LogP contribution is -2.40. The molecule has 8 nitrogen and oxygen atoms in total. The van der Waals surface area contributed by atoms with Crippen molar-refractivity contribution in [2.75, 3.05) is 23.8 Å². The van der Waals surface area contributed by atoms with Crippen molar-refractivity contribution in [2.24, 2.45) is 0 Å². The van der Waals surface area contributed by atoms with Crippen LogP contribution in [0.3, 0.4) is 0 Å². The molecule has 0 saturated carbocycles. The number of unbranched alkanes of at least 4 members (excludes halogenated alkanes) is 1. The number of imidazole rings is 1. The van der Waals surface area contributed by atoms with E-state index in [1.807, 2.05) is 24.3 Å². The van der Waals surface area contributed by atoms with Gasteiger partial charge in [-0.1, -0.05) is 25.1 Å². The summed E-state index contributed by atoms with van der Waals surface area (Å²) in [7, 11) is -3.02. The molecule has 1 aliphatic rings. The molecule has 1 saturated heterocycles. The second kappa shape index (κ2) is 8.45. The predicted octanol–water partition coefficient (Wildman–Crippen LogP) is 2.54. The normalized spacial score (nSPS) is 18.1. The summed E-state index contributed by atoms with van der Waals surface area (Å²) in [5.41, 5.74) is 8.79. The van der Waals surface area contributed by atoms with Crippen LogP contribution in [0.25, 0.3) is 21.9 Å². The second-order valence-electron chi connectivity index (χ2n) is 8.22. The monoisotopic (exact) mass is 443 g/mol. The van der Waals surface area contributed by atoms with E-state index in [0.29, 0.717) is 18.8 Å². The van der Waals surface area contributed by atoms with Gasteiger partial charge in [-0.3, -0.25) is 4.79 Å². The molecule has 3 heterocycles. The van der Waals surface area contributed by atoms with Gasteiger partial charge in [0.2, 0.25) is 5.91 Å². The zero-order chi connectivity index (χ0) is 22.2. The molecule has 0 spiro atoms. The number of rotatable bonds is 7. The van der Waals surface area contributed by atoms with E-state index in [-0.39, 0.29) is 23.5 Å². The van der Waals surface area contributed by atoms with Crippen LogP contribution in [0.1, 0.15) is 38.9 Å². The molecule has 31 heavy (non-hydrogen) atoms. The average Bonchev–Trinajstić information content (AvgIpc) is 3.28. The molecule has 1 atom stereocenters. The molecule has 1 amide bonds. The zero-order valence-electron chi connectivity index (χ0n) is 18.0. The molecular formula is C22H29N5O3S. The van der Waals surface area contributed by atoms with Gasteiger partial charge in [0.05, 0.1) is 22.5 Å². The number of benzene rings is 1. The third-order valence-corrected chi connectivity index (χ3v) is 7.84. The van der Waals surface area contributed by atoms with Gasteiger partial charge >= 0.3 is 0 Å². The highest BCUT2D eigenvalue weighted by atomic mass is 32.2. The minimum absolute atomic E-state index is 0.0609. The number of nitrogen functional groups attached to an aromatic ring is 1. The van der Waals surface area contributed by atoms with Crippen LogP contribution in [0.2, 0.25) is 0 Å². The van der Waals surface area contributed by atoms with Crippen LogP contribution in [-0.2, 0) is 27.6 Å². The van der Waals surface area contributed by atoms with Crippen molar-refractivity contribution in [3.8, 4) is 0 Å². The van der Waals surface area contributed by atoms with Crippen LogP contribution in [0.15, 0.2) is 24.3 Å². The molecule has 0 bridgehead atoms. The number of hydrogen-bond donors (Lipinski definition) is 1. The largest absolute Gasteiger partial charge is 0.382 e. The van der Waals surface area contributed by atoms with Gasteiger partial charge in [0.1, 0.15) is 11.3 Å². The van der Waals surface area contributed by atoms with Gasteiger partial charge in [-0.25, -0.2) is 18.4 Å². The number of anilines is 1. The van der Waals surface area contributed by atoms with E-state index in [4.69, 9.17) is 10.7 Å². The number of carbonyl (C=O) groups is 1. The minimum atomic E-state index is -3.02. The summed E-state index contributed by atoms with van der Waals surface area (Å²) in [6.45, 7) is 4.91. The third kappa shape index (κ3) is 4.23. The summed E-state index contributed by atoms with van der Waals surface area (Å²) in [6, 6.07) is 7.73. The van der Waals surface area contributed by atoms with Crippen LogP contribution in [0.4, 0.5) is 5.82 Å². The number of hydrogen-bond acceptors (Lipinski definition) is 6. The summed E-state index contributed by atoms with van der Waals surface area (Å²) < 4.78 is 25.9. The van der Waals surface area contributed by atoms with Crippen molar-refractivity contribution in [1.82, 2.24) is 19.4 Å². The van der Waals surface area contributed by atoms with Crippen LogP contribution in [0, 0.1) is 0 Å². The molecule has 9 heteroatoms. The number of fused-ring (bicyclic) bond motifs is 3. The topological polar surface area (TPSA) is 111 Å². The van der Waals surface area contributed by atoms with Crippen molar-refractivity contribution >= 4 is 43.5 Å². The predicted molar refractivity (Wildman–Crippen MR) is 123 cm³/mol. The fourth-order valence-electron chi connectivity index (χ4n) is 4.59. The highest BCUT2D eigenvalue weighted by Crippen LogP contribution is 2.29. The Morgan fingerprint density at radius 2 is 2.03 bits per heavy atom. The molecule has 0 radical (unpaired) electrons. The SMILES string of the molecule is CCc1nc2c(N)nc3ccccc3c2n1CCCCN(C(C)=O)C1CCS(=O)(=O)C1. The van der Waals surface area contributed by atoms with Crippen molar-refractivity contribution in [1.29, 1.82) is 0 Å². The van der Waals surface area contributed by atoms with Gasteiger partial charge in [-0.2, -0.15) is 0 Å². The van der Waals surface area contributed by atoms with Crippen LogP contribution in [0.5, 0.6) is 0 Å². The number of nitrogens with two attached hydrogens (primary N) is 1. The van der Waals surface area contributed by atoms with Crippen LogP contribution >= 0.6 is 0 Å². The Morgan fingerprint density at radius 1 is 1.26 bits per heavy atom. The number of sulfone groups is 1. The fraction of sp³-hybridized carbons (Fsp3) is 0.500. The molecule has 0 aliphatic carbocycles. The molecular weight excluding hydrogens is 414 g/mol. The quantitative estimate of drug-likeness (QED) is 0.562. The number of aromatic nitrogens is 3. The van der Waals surface area contributed by atoms with E-state index in [0.717, 1.165) is 53.6 Å². The van der Waals surface area contributed by atoms with Gasteiger partial charge in [0.25, 0.3) is 0 Å². The molecule has 1 aromatic carbocycles. The first kappa shape index (κ1) is 21.5. The summed E-state index contributed by atoms with van der Waals surface area (Å²) >= 11 is 0. The zero-order valence-corrected chi connectivity index (χ0v) is 18.9. The lowest BCUT2D eigenvalue weighted by atomic mass is 10.1. The maximum absolute atomic E-state index is 12.1. The average molecular weight is 444 g/mol. The second-order valence-corrected chi connectivity index (χ2v) is 10.4. The number of aryl methyl sites for hydroxylation is 2. The Morgan fingerprint density at radius 3 is 2.71 bits per heavy atom. The number of amides is 1. The van der Waals surface area contributed by atoms with Gasteiger partial charge in [0, 0.05) is 37.9 Å². The molecule has 1 unspecified atom stereocenters. The first-order valence-corrected chi connectivity index (χ1v) is 12.6. The van der Waals surface area contributed by atoms with Crippen LogP contribution < -0.4 is 5.73 Å². The van der Waals surface area contributed by atoms with Gasteiger partial charge in [0.15, 0.2) is 15.7 Å². The van der Waals surface area contributed by atoms with Crippen molar-refractivity contribution in [3.63, 3.8) is 0 Å². The van der Waals surface area contributed by atoms with Crippen molar-refractivity contribution < 1.29 is 13.2 Å². The Bertz CT molecular complexity index is 1230.